The van der Waals surface area contributed by atoms with Crippen LogP contribution in [0.15, 0.2) is 0 Å². The van der Waals surface area contributed by atoms with Crippen molar-refractivity contribution in [3.05, 3.63) is 0 Å². The summed E-state index contributed by atoms with van der Waals surface area (Å²) in [6.07, 6.45) is 7.53. The van der Waals surface area contributed by atoms with E-state index in [1.165, 1.54) is 38.1 Å². The third kappa shape index (κ3) is 22.0. The van der Waals surface area contributed by atoms with Crippen LogP contribution in [0.5, 0.6) is 0 Å². The fraction of sp³-hybridized carbons (Fsp3) is 1.00. The molecule has 0 atom stereocenters. The van der Waals surface area contributed by atoms with Crippen LogP contribution >= 0.6 is 0 Å². The number of hydrogen-bond donors (Lipinski definition) is 0. The molecule has 0 aromatic rings. The van der Waals surface area contributed by atoms with E-state index in [9.17, 15) is 0 Å². The second-order valence-electron chi connectivity index (χ2n) is 5.61. The third-order valence-electron chi connectivity index (χ3n) is 3.32. The molecular formula is C18H38O5Si. The van der Waals surface area contributed by atoms with Crippen molar-refractivity contribution in [2.45, 2.75) is 58.4 Å². The van der Waals surface area contributed by atoms with Crippen molar-refractivity contribution in [3.63, 3.8) is 0 Å². The summed E-state index contributed by atoms with van der Waals surface area (Å²) < 4.78 is 27.2. The van der Waals surface area contributed by atoms with E-state index in [-0.39, 0.29) is 0 Å². The Morgan fingerprint density at radius 2 is 1.00 bits per heavy atom. The van der Waals surface area contributed by atoms with Gasteiger partial charge in [-0.3, -0.25) is 0 Å². The van der Waals surface area contributed by atoms with E-state index in [1.54, 1.807) is 0 Å². The molecule has 24 heavy (non-hydrogen) atoms. The highest BCUT2D eigenvalue weighted by Crippen LogP contribution is 2.02. The van der Waals surface area contributed by atoms with Gasteiger partial charge in [0.05, 0.1) is 52.9 Å². The van der Waals surface area contributed by atoms with Gasteiger partial charge >= 0.3 is 0 Å². The molecule has 0 rings (SSSR count). The molecule has 0 aliphatic heterocycles. The van der Waals surface area contributed by atoms with Gasteiger partial charge in [0.2, 0.25) is 9.76 Å². The van der Waals surface area contributed by atoms with Gasteiger partial charge in [-0.25, -0.2) is 0 Å². The summed E-state index contributed by atoms with van der Waals surface area (Å²) in [7, 11) is 0.617. The molecule has 0 unspecified atom stereocenters. The van der Waals surface area contributed by atoms with Crippen molar-refractivity contribution in [2.75, 3.05) is 59.5 Å². The Morgan fingerprint density at radius 3 is 1.54 bits per heavy atom. The molecule has 0 fully saturated rings. The van der Waals surface area contributed by atoms with E-state index in [0.717, 1.165) is 13.0 Å². The van der Waals surface area contributed by atoms with E-state index in [0.29, 0.717) is 62.6 Å². The number of hydrogen-bond acceptors (Lipinski definition) is 5. The molecule has 6 heteroatoms. The highest BCUT2D eigenvalue weighted by atomic mass is 28.2. The Bertz CT molecular complexity index is 198. The minimum absolute atomic E-state index is 0.605. The van der Waals surface area contributed by atoms with Crippen LogP contribution in [0.2, 0.25) is 6.04 Å². The maximum absolute atomic E-state index is 5.55. The van der Waals surface area contributed by atoms with Crippen LogP contribution in [0.1, 0.15) is 52.4 Å². The van der Waals surface area contributed by atoms with Gasteiger partial charge in [-0.2, -0.15) is 0 Å². The van der Waals surface area contributed by atoms with Crippen molar-refractivity contribution in [3.8, 4) is 0 Å². The van der Waals surface area contributed by atoms with Gasteiger partial charge in [-0.05, 0) is 12.5 Å². The van der Waals surface area contributed by atoms with Crippen LogP contribution in [0.25, 0.3) is 0 Å². The maximum Gasteiger partial charge on any atom is 0.229 e. The van der Waals surface area contributed by atoms with Crippen LogP contribution in [0.4, 0.5) is 0 Å². The molecule has 5 nitrogen and oxygen atoms in total. The van der Waals surface area contributed by atoms with E-state index < -0.39 is 0 Å². The maximum atomic E-state index is 5.55. The lowest BCUT2D eigenvalue weighted by Gasteiger charge is -2.07. The first-order valence-electron chi connectivity index (χ1n) is 9.57. The van der Waals surface area contributed by atoms with Crippen molar-refractivity contribution in [1.29, 1.82) is 0 Å². The quantitative estimate of drug-likeness (QED) is 0.231. The monoisotopic (exact) mass is 362 g/mol. The molecule has 0 aromatic carbocycles. The largest absolute Gasteiger partial charge is 0.415 e. The lowest BCUT2D eigenvalue weighted by Crippen LogP contribution is -2.13. The van der Waals surface area contributed by atoms with Gasteiger partial charge in [0.1, 0.15) is 0 Å². The third-order valence-corrected chi connectivity index (χ3v) is 4.29. The zero-order valence-electron chi connectivity index (χ0n) is 15.9. The van der Waals surface area contributed by atoms with E-state index in [4.69, 9.17) is 23.4 Å². The molecule has 0 aliphatic carbocycles. The molecule has 0 saturated carbocycles. The van der Waals surface area contributed by atoms with Crippen LogP contribution in [-0.2, 0) is 23.4 Å². The van der Waals surface area contributed by atoms with E-state index in [2.05, 4.69) is 13.8 Å². The lowest BCUT2D eigenvalue weighted by atomic mass is 10.2. The smallest absolute Gasteiger partial charge is 0.229 e. The summed E-state index contributed by atoms with van der Waals surface area (Å²) in [6, 6.07) is 1.19. The molecule has 0 spiro atoms. The Morgan fingerprint density at radius 1 is 0.500 bits per heavy atom. The van der Waals surface area contributed by atoms with Crippen molar-refractivity contribution < 1.29 is 23.4 Å². The van der Waals surface area contributed by atoms with Gasteiger partial charge in [0.15, 0.2) is 0 Å². The molecule has 144 valence electrons. The molecule has 0 amide bonds. The summed E-state index contributed by atoms with van der Waals surface area (Å²) in [6.45, 7) is 10.3. The predicted molar refractivity (Wildman–Crippen MR) is 98.8 cm³/mol. The molecule has 0 heterocycles. The fourth-order valence-corrected chi connectivity index (χ4v) is 2.64. The Kier molecular flexibility index (Phi) is 23.0. The van der Waals surface area contributed by atoms with Crippen molar-refractivity contribution in [2.24, 2.45) is 0 Å². The van der Waals surface area contributed by atoms with Crippen molar-refractivity contribution >= 4 is 9.76 Å². The van der Waals surface area contributed by atoms with E-state index >= 15 is 0 Å². The molecule has 0 saturated heterocycles. The first kappa shape index (κ1) is 24.0. The summed E-state index contributed by atoms with van der Waals surface area (Å²) in [5.74, 6) is 0. The minimum atomic E-state index is 0.605. The standard InChI is InChI=1S/C18H38O5Si/c1-3-5-7-8-18-24-23-17-16-22-15-14-21-13-12-20-11-10-19-9-6-4-2/h3-18H2,1-2H3. The van der Waals surface area contributed by atoms with Gasteiger partial charge in [-0.1, -0.05) is 46.0 Å². The summed E-state index contributed by atoms with van der Waals surface area (Å²) in [5.41, 5.74) is 0. The van der Waals surface area contributed by atoms with Gasteiger partial charge < -0.3 is 23.4 Å². The number of unbranched alkanes of at least 4 members (excludes halogenated alkanes) is 4. The summed E-state index contributed by atoms with van der Waals surface area (Å²) >= 11 is 0. The Balaban J connectivity index is 2.93. The van der Waals surface area contributed by atoms with Gasteiger partial charge in [0.25, 0.3) is 0 Å². The molecule has 2 radical (unpaired) electrons. The molecule has 0 N–H and O–H groups in total. The van der Waals surface area contributed by atoms with Crippen LogP contribution in [0.3, 0.4) is 0 Å². The van der Waals surface area contributed by atoms with Crippen LogP contribution in [-0.4, -0.2) is 69.2 Å². The first-order chi connectivity index (χ1) is 11.9. The lowest BCUT2D eigenvalue weighted by molar-refractivity contribution is -0.00471. The second kappa shape index (κ2) is 23.0. The van der Waals surface area contributed by atoms with Crippen molar-refractivity contribution in [1.82, 2.24) is 0 Å². The Labute approximate surface area is 151 Å². The highest BCUT2D eigenvalue weighted by Gasteiger charge is 1.95. The number of rotatable bonds is 21. The van der Waals surface area contributed by atoms with Crippen LogP contribution < -0.4 is 0 Å². The zero-order chi connectivity index (χ0) is 17.6. The summed E-state index contributed by atoms with van der Waals surface area (Å²) in [5, 5.41) is 0. The van der Waals surface area contributed by atoms with Gasteiger partial charge in [-0.15, -0.1) is 0 Å². The fourth-order valence-electron chi connectivity index (χ4n) is 1.88. The second-order valence-corrected chi connectivity index (χ2v) is 6.68. The van der Waals surface area contributed by atoms with Crippen LogP contribution in [0, 0.1) is 0 Å². The number of ether oxygens (including phenoxy) is 4. The normalized spacial score (nSPS) is 11.2. The molecule has 0 aromatic heterocycles. The van der Waals surface area contributed by atoms with Gasteiger partial charge in [0, 0.05) is 6.61 Å². The molecule has 0 aliphatic rings. The van der Waals surface area contributed by atoms with E-state index in [1.807, 2.05) is 0 Å². The SMILES string of the molecule is CCCCCC[Si]OCCOCCOCCOCCOCCCC. The average molecular weight is 363 g/mol. The predicted octanol–water partition coefficient (Wildman–Crippen LogP) is 3.49. The average Bonchev–Trinajstić information content (AvgIpc) is 2.60. The topological polar surface area (TPSA) is 46.2 Å². The summed E-state index contributed by atoms with van der Waals surface area (Å²) in [4.78, 5) is 0. The molecule has 0 bridgehead atoms. The Hall–Kier alpha value is 0.0169. The highest BCUT2D eigenvalue weighted by molar-refractivity contribution is 6.26. The molecular weight excluding hydrogens is 324 g/mol. The first-order valence-corrected chi connectivity index (χ1v) is 10.7. The minimum Gasteiger partial charge on any atom is -0.415 e. The zero-order valence-corrected chi connectivity index (χ0v) is 16.9.